The third-order valence-corrected chi connectivity index (χ3v) is 4.41. The summed E-state index contributed by atoms with van der Waals surface area (Å²) in [7, 11) is 3.60. The number of carbonyl (C=O) groups is 1. The van der Waals surface area contributed by atoms with Gasteiger partial charge in [0.05, 0.1) is 23.9 Å². The van der Waals surface area contributed by atoms with E-state index in [1.54, 1.807) is 25.2 Å². The van der Waals surface area contributed by atoms with Gasteiger partial charge in [-0.3, -0.25) is 14.4 Å². The summed E-state index contributed by atoms with van der Waals surface area (Å²) in [6, 6.07) is 2.02. The van der Waals surface area contributed by atoms with E-state index in [9.17, 15) is 4.79 Å². The van der Waals surface area contributed by atoms with Gasteiger partial charge in [0.2, 0.25) is 5.91 Å². The van der Waals surface area contributed by atoms with Gasteiger partial charge in [-0.1, -0.05) is 5.16 Å². The zero-order chi connectivity index (χ0) is 16.6. The van der Waals surface area contributed by atoms with Gasteiger partial charge in [0.25, 0.3) is 0 Å². The van der Waals surface area contributed by atoms with Crippen LogP contribution in [0.15, 0.2) is 16.8 Å². The van der Waals surface area contributed by atoms with Crippen molar-refractivity contribution in [1.29, 1.82) is 0 Å². The normalized spacial score (nSPS) is 18.5. The first-order chi connectivity index (χ1) is 11.0. The average molecular weight is 317 g/mol. The Labute approximate surface area is 135 Å². The number of hydrogen-bond donors (Lipinski definition) is 0. The molecule has 3 rings (SSSR count). The van der Waals surface area contributed by atoms with E-state index in [1.165, 1.54) is 0 Å². The summed E-state index contributed by atoms with van der Waals surface area (Å²) in [5.41, 5.74) is 3.15. The van der Waals surface area contributed by atoms with Crippen LogP contribution >= 0.6 is 0 Å². The minimum absolute atomic E-state index is 0.105. The molecule has 0 unspecified atom stereocenters. The molecule has 2 aromatic rings. The molecule has 0 fully saturated rings. The molecule has 23 heavy (non-hydrogen) atoms. The van der Waals surface area contributed by atoms with E-state index in [-0.39, 0.29) is 11.8 Å². The molecular weight excluding hydrogens is 294 g/mol. The summed E-state index contributed by atoms with van der Waals surface area (Å²) in [4.78, 5) is 16.4. The lowest BCUT2D eigenvalue weighted by Crippen LogP contribution is -2.38. The second-order valence-electron chi connectivity index (χ2n) is 6.41. The molecule has 1 amide bonds. The number of carbonyl (C=O) groups excluding carboxylic acids is 1. The molecule has 0 radical (unpaired) electrons. The molecule has 0 saturated heterocycles. The van der Waals surface area contributed by atoms with Crippen molar-refractivity contribution in [2.24, 2.45) is 5.92 Å². The molecule has 1 atom stereocenters. The Hall–Kier alpha value is -2.15. The van der Waals surface area contributed by atoms with E-state index < -0.39 is 0 Å². The Morgan fingerprint density at radius 1 is 1.39 bits per heavy atom. The highest BCUT2D eigenvalue weighted by atomic mass is 16.5. The molecule has 7 heteroatoms. The summed E-state index contributed by atoms with van der Waals surface area (Å²) < 4.78 is 7.21. The summed E-state index contributed by atoms with van der Waals surface area (Å²) in [5, 5.41) is 8.39. The first-order valence-electron chi connectivity index (χ1n) is 7.81. The van der Waals surface area contributed by atoms with Crippen molar-refractivity contribution in [3.8, 4) is 0 Å². The molecule has 0 aliphatic carbocycles. The van der Waals surface area contributed by atoms with Gasteiger partial charge >= 0.3 is 0 Å². The molecule has 1 aliphatic heterocycles. The van der Waals surface area contributed by atoms with Crippen LogP contribution in [0.3, 0.4) is 0 Å². The van der Waals surface area contributed by atoms with Crippen LogP contribution < -0.4 is 0 Å². The Kier molecular flexibility index (Phi) is 4.21. The van der Waals surface area contributed by atoms with Crippen molar-refractivity contribution in [1.82, 2.24) is 24.7 Å². The van der Waals surface area contributed by atoms with Crippen molar-refractivity contribution < 1.29 is 9.32 Å². The van der Waals surface area contributed by atoms with Gasteiger partial charge in [-0.15, -0.1) is 0 Å². The van der Waals surface area contributed by atoms with Gasteiger partial charge in [0.15, 0.2) is 0 Å². The first-order valence-corrected chi connectivity index (χ1v) is 7.81. The highest BCUT2D eigenvalue weighted by Gasteiger charge is 2.29. The number of amides is 1. The van der Waals surface area contributed by atoms with Crippen LogP contribution in [0.25, 0.3) is 0 Å². The maximum absolute atomic E-state index is 12.5. The zero-order valence-corrected chi connectivity index (χ0v) is 14.1. The molecular formula is C16H23N5O2. The summed E-state index contributed by atoms with van der Waals surface area (Å²) in [6.45, 7) is 6.70. The maximum Gasteiger partial charge on any atom is 0.228 e. The van der Waals surface area contributed by atoms with Crippen LogP contribution in [0, 0.1) is 19.8 Å². The number of rotatable bonds is 3. The quantitative estimate of drug-likeness (QED) is 0.851. The second kappa shape index (κ2) is 6.16. The fourth-order valence-corrected chi connectivity index (χ4v) is 3.12. The molecule has 124 valence electrons. The summed E-state index contributed by atoms with van der Waals surface area (Å²) >= 11 is 0. The van der Waals surface area contributed by atoms with E-state index in [0.717, 1.165) is 35.8 Å². The molecule has 0 saturated carbocycles. The lowest BCUT2D eigenvalue weighted by Gasteiger charge is -2.25. The Balaban J connectivity index is 1.86. The van der Waals surface area contributed by atoms with Crippen LogP contribution in [0.1, 0.15) is 22.7 Å². The van der Waals surface area contributed by atoms with Crippen LogP contribution in [0.5, 0.6) is 0 Å². The fourth-order valence-electron chi connectivity index (χ4n) is 3.12. The Bertz CT molecular complexity index is 684. The van der Waals surface area contributed by atoms with Crippen molar-refractivity contribution >= 4 is 5.91 Å². The van der Waals surface area contributed by atoms with Crippen molar-refractivity contribution in [2.45, 2.75) is 33.5 Å². The van der Waals surface area contributed by atoms with E-state index in [2.05, 4.69) is 15.2 Å². The third kappa shape index (κ3) is 3.14. The maximum atomic E-state index is 12.5. The van der Waals surface area contributed by atoms with Gasteiger partial charge in [-0.25, -0.2) is 0 Å². The van der Waals surface area contributed by atoms with Crippen LogP contribution in [0.4, 0.5) is 0 Å². The number of aryl methyl sites for hydroxylation is 2. The highest BCUT2D eigenvalue weighted by molar-refractivity contribution is 5.78. The van der Waals surface area contributed by atoms with Crippen molar-refractivity contribution in [3.63, 3.8) is 0 Å². The minimum atomic E-state index is -0.105. The van der Waals surface area contributed by atoms with Crippen LogP contribution in [-0.2, 0) is 24.4 Å². The van der Waals surface area contributed by atoms with Crippen LogP contribution in [-0.4, -0.2) is 51.3 Å². The number of nitrogens with zero attached hydrogens (tertiary/aromatic N) is 5. The predicted octanol–water partition coefficient (Wildman–Crippen LogP) is 1.21. The SMILES string of the molecule is Cc1noc(C)c1CN1Cc2ccnn2C[C@H](C(=O)N(C)C)C1. The van der Waals surface area contributed by atoms with E-state index in [0.29, 0.717) is 13.1 Å². The Morgan fingerprint density at radius 2 is 2.17 bits per heavy atom. The molecule has 0 spiro atoms. The molecule has 0 N–H and O–H groups in total. The topological polar surface area (TPSA) is 67.4 Å². The van der Waals surface area contributed by atoms with E-state index in [1.807, 2.05) is 24.6 Å². The molecule has 2 aromatic heterocycles. The number of hydrogen-bond acceptors (Lipinski definition) is 5. The predicted molar refractivity (Wildman–Crippen MR) is 84.5 cm³/mol. The lowest BCUT2D eigenvalue weighted by atomic mass is 10.1. The van der Waals surface area contributed by atoms with Gasteiger partial charge in [-0.05, 0) is 19.9 Å². The van der Waals surface area contributed by atoms with Crippen LogP contribution in [0.2, 0.25) is 0 Å². The van der Waals surface area contributed by atoms with Gasteiger partial charge < -0.3 is 9.42 Å². The molecule has 3 heterocycles. The number of fused-ring (bicyclic) bond motifs is 1. The van der Waals surface area contributed by atoms with Crippen molar-refractivity contribution in [3.05, 3.63) is 35.0 Å². The van der Waals surface area contributed by atoms with E-state index >= 15 is 0 Å². The third-order valence-electron chi connectivity index (χ3n) is 4.41. The second-order valence-corrected chi connectivity index (χ2v) is 6.41. The smallest absolute Gasteiger partial charge is 0.228 e. The van der Waals surface area contributed by atoms with Crippen molar-refractivity contribution in [2.75, 3.05) is 20.6 Å². The van der Waals surface area contributed by atoms with Gasteiger partial charge in [0.1, 0.15) is 5.76 Å². The lowest BCUT2D eigenvalue weighted by molar-refractivity contribution is -0.134. The zero-order valence-electron chi connectivity index (χ0n) is 14.1. The number of aromatic nitrogens is 3. The first kappa shape index (κ1) is 15.7. The average Bonchev–Trinajstić information content (AvgIpc) is 3.01. The van der Waals surface area contributed by atoms with Gasteiger partial charge in [-0.2, -0.15) is 5.10 Å². The molecule has 0 bridgehead atoms. The molecule has 7 nitrogen and oxygen atoms in total. The standard InChI is InChI=1S/C16H23N5O2/c1-11-15(12(2)23-18-11)10-20-7-13(16(22)19(3)4)8-21-14(9-20)5-6-17-21/h5-6,13H,7-10H2,1-4H3/t13-/m1/s1. The summed E-state index contributed by atoms with van der Waals surface area (Å²) in [5.74, 6) is 0.875. The molecule has 0 aromatic carbocycles. The Morgan fingerprint density at radius 3 is 2.83 bits per heavy atom. The molecule has 1 aliphatic rings. The minimum Gasteiger partial charge on any atom is -0.361 e. The van der Waals surface area contributed by atoms with Gasteiger partial charge in [0, 0.05) is 45.5 Å². The van der Waals surface area contributed by atoms with E-state index in [4.69, 9.17) is 4.52 Å². The highest BCUT2D eigenvalue weighted by Crippen LogP contribution is 2.22. The monoisotopic (exact) mass is 317 g/mol. The largest absolute Gasteiger partial charge is 0.361 e. The fraction of sp³-hybridized carbons (Fsp3) is 0.562. The summed E-state index contributed by atoms with van der Waals surface area (Å²) in [6.07, 6.45) is 1.80.